The number of hydrogen-bond acceptors (Lipinski definition) is 3. The highest BCUT2D eigenvalue weighted by Gasteiger charge is 2.35. The van der Waals surface area contributed by atoms with Crippen LogP contribution in [0.25, 0.3) is 0 Å². The Balaban J connectivity index is 2.17. The number of likely N-dealkylation sites (tertiary alicyclic amines) is 1. The summed E-state index contributed by atoms with van der Waals surface area (Å²) in [5.41, 5.74) is 1.46. The van der Waals surface area contributed by atoms with Crippen molar-refractivity contribution in [2.75, 3.05) is 20.2 Å². The summed E-state index contributed by atoms with van der Waals surface area (Å²) in [5.74, 6) is 0.826. The Morgan fingerprint density at radius 1 is 1.35 bits per heavy atom. The van der Waals surface area contributed by atoms with Gasteiger partial charge in [0.25, 0.3) is 5.91 Å². The number of rotatable bonds is 5. The fourth-order valence-electron chi connectivity index (χ4n) is 3.30. The molecule has 0 aromatic heterocycles. The first-order chi connectivity index (χ1) is 11.0. The van der Waals surface area contributed by atoms with E-state index in [1.807, 2.05) is 24.0 Å². The fourth-order valence-corrected chi connectivity index (χ4v) is 3.30. The molecule has 5 nitrogen and oxygen atoms in total. The first-order valence-corrected chi connectivity index (χ1v) is 8.17. The molecule has 0 spiro atoms. The average molecular weight is 318 g/mol. The van der Waals surface area contributed by atoms with Crippen LogP contribution in [0.5, 0.6) is 5.75 Å². The third kappa shape index (κ3) is 3.84. The fraction of sp³-hybridized carbons (Fsp3) is 0.556. The number of methoxy groups -OCH3 is 1. The van der Waals surface area contributed by atoms with Crippen molar-refractivity contribution in [2.24, 2.45) is 5.92 Å². The van der Waals surface area contributed by atoms with Gasteiger partial charge in [-0.1, -0.05) is 25.5 Å². The third-order valence-corrected chi connectivity index (χ3v) is 4.54. The molecular weight excluding hydrogens is 292 g/mol. The van der Waals surface area contributed by atoms with Gasteiger partial charge in [0.2, 0.25) is 5.91 Å². The van der Waals surface area contributed by atoms with E-state index in [4.69, 9.17) is 4.74 Å². The van der Waals surface area contributed by atoms with Gasteiger partial charge in [-0.25, -0.2) is 0 Å². The maximum Gasteiger partial charge on any atom is 0.255 e. The van der Waals surface area contributed by atoms with Crippen LogP contribution >= 0.6 is 0 Å². The topological polar surface area (TPSA) is 58.6 Å². The highest BCUT2D eigenvalue weighted by Crippen LogP contribution is 2.25. The van der Waals surface area contributed by atoms with Gasteiger partial charge in [-0.15, -0.1) is 0 Å². The van der Waals surface area contributed by atoms with Crippen molar-refractivity contribution in [3.8, 4) is 5.75 Å². The lowest BCUT2D eigenvalue weighted by molar-refractivity contribution is -0.128. The second-order valence-corrected chi connectivity index (χ2v) is 6.20. The zero-order valence-corrected chi connectivity index (χ0v) is 14.4. The second-order valence-electron chi connectivity index (χ2n) is 6.20. The van der Waals surface area contributed by atoms with E-state index in [1.165, 1.54) is 0 Å². The molecule has 126 valence electrons. The molecule has 1 saturated heterocycles. The average Bonchev–Trinajstić information content (AvgIpc) is 2.90. The van der Waals surface area contributed by atoms with E-state index in [2.05, 4.69) is 12.2 Å². The van der Waals surface area contributed by atoms with E-state index in [-0.39, 0.29) is 17.9 Å². The monoisotopic (exact) mass is 318 g/mol. The van der Waals surface area contributed by atoms with Gasteiger partial charge in [-0.3, -0.25) is 9.59 Å². The predicted molar refractivity (Wildman–Crippen MR) is 89.6 cm³/mol. The van der Waals surface area contributed by atoms with Crippen molar-refractivity contribution in [2.45, 2.75) is 39.7 Å². The standard InChI is InChI=1S/C18H26N2O3/c1-5-7-14-10-20(13(3)21)11-15(14)19-18(22)17-12(2)8-6-9-16(17)23-4/h6,8-9,14-15H,5,7,10-11H2,1-4H3,(H,19,22)/t14-,15-/m0/s1. The minimum atomic E-state index is -0.128. The summed E-state index contributed by atoms with van der Waals surface area (Å²) in [6, 6.07) is 5.56. The number of hydrogen-bond donors (Lipinski definition) is 1. The molecule has 2 atom stereocenters. The van der Waals surface area contributed by atoms with Crippen LogP contribution in [0.4, 0.5) is 0 Å². The third-order valence-electron chi connectivity index (χ3n) is 4.54. The normalized spacial score (nSPS) is 20.4. The molecule has 0 radical (unpaired) electrons. The molecule has 1 aliphatic heterocycles. The molecular formula is C18H26N2O3. The molecule has 1 fully saturated rings. The van der Waals surface area contributed by atoms with Gasteiger partial charge < -0.3 is 15.0 Å². The van der Waals surface area contributed by atoms with Crippen molar-refractivity contribution in [1.82, 2.24) is 10.2 Å². The lowest BCUT2D eigenvalue weighted by Gasteiger charge is -2.20. The Labute approximate surface area is 138 Å². The van der Waals surface area contributed by atoms with Crippen molar-refractivity contribution >= 4 is 11.8 Å². The first-order valence-electron chi connectivity index (χ1n) is 8.17. The Kier molecular flexibility index (Phi) is 5.64. The van der Waals surface area contributed by atoms with Crippen molar-refractivity contribution in [1.29, 1.82) is 0 Å². The van der Waals surface area contributed by atoms with Gasteiger partial charge in [0, 0.05) is 20.0 Å². The minimum Gasteiger partial charge on any atom is -0.496 e. The lowest BCUT2D eigenvalue weighted by Crippen LogP contribution is -2.41. The SMILES string of the molecule is CCC[C@H]1CN(C(C)=O)C[C@@H]1NC(=O)c1c(C)cccc1OC. The van der Waals surface area contributed by atoms with E-state index in [0.717, 1.165) is 24.9 Å². The molecule has 0 aliphatic carbocycles. The van der Waals surface area contributed by atoms with Crippen LogP contribution in [0, 0.1) is 12.8 Å². The van der Waals surface area contributed by atoms with Crippen LogP contribution in [0.3, 0.4) is 0 Å². The molecule has 2 rings (SSSR count). The lowest BCUT2D eigenvalue weighted by atomic mass is 9.97. The highest BCUT2D eigenvalue weighted by molar-refractivity contribution is 5.98. The number of nitrogens with zero attached hydrogens (tertiary/aromatic N) is 1. The minimum absolute atomic E-state index is 0.00402. The summed E-state index contributed by atoms with van der Waals surface area (Å²) in [5, 5.41) is 3.12. The van der Waals surface area contributed by atoms with Crippen molar-refractivity contribution < 1.29 is 14.3 Å². The number of carbonyl (C=O) groups excluding carboxylic acids is 2. The summed E-state index contributed by atoms with van der Waals surface area (Å²) in [6.45, 7) is 6.91. The Morgan fingerprint density at radius 2 is 2.09 bits per heavy atom. The summed E-state index contributed by atoms with van der Waals surface area (Å²) < 4.78 is 5.32. The molecule has 2 amide bonds. The zero-order chi connectivity index (χ0) is 17.0. The summed E-state index contributed by atoms with van der Waals surface area (Å²) in [7, 11) is 1.57. The van der Waals surface area contributed by atoms with Gasteiger partial charge in [0.05, 0.1) is 18.7 Å². The Morgan fingerprint density at radius 3 is 2.70 bits per heavy atom. The molecule has 1 aromatic rings. The van der Waals surface area contributed by atoms with Gasteiger partial charge in [-0.05, 0) is 30.9 Å². The number of amides is 2. The molecule has 1 N–H and O–H groups in total. The number of nitrogens with one attached hydrogen (secondary N) is 1. The number of benzene rings is 1. The zero-order valence-electron chi connectivity index (χ0n) is 14.4. The van der Waals surface area contributed by atoms with Crippen LogP contribution < -0.4 is 10.1 Å². The van der Waals surface area contributed by atoms with Crippen LogP contribution in [0.1, 0.15) is 42.6 Å². The Bertz CT molecular complexity index is 586. The number of carbonyl (C=O) groups is 2. The first kappa shape index (κ1) is 17.3. The van der Waals surface area contributed by atoms with Gasteiger partial charge >= 0.3 is 0 Å². The van der Waals surface area contributed by atoms with Crippen LogP contribution in [-0.4, -0.2) is 43.0 Å². The largest absolute Gasteiger partial charge is 0.496 e. The second kappa shape index (κ2) is 7.49. The molecule has 23 heavy (non-hydrogen) atoms. The molecule has 0 bridgehead atoms. The maximum atomic E-state index is 12.7. The van der Waals surface area contributed by atoms with E-state index in [9.17, 15) is 9.59 Å². The van der Waals surface area contributed by atoms with E-state index >= 15 is 0 Å². The molecule has 5 heteroatoms. The van der Waals surface area contributed by atoms with Crippen molar-refractivity contribution in [3.05, 3.63) is 29.3 Å². The summed E-state index contributed by atoms with van der Waals surface area (Å²) in [6.07, 6.45) is 2.04. The molecule has 1 aliphatic rings. The summed E-state index contributed by atoms with van der Waals surface area (Å²) >= 11 is 0. The number of aryl methyl sites for hydroxylation is 1. The highest BCUT2D eigenvalue weighted by atomic mass is 16.5. The predicted octanol–water partition coefficient (Wildman–Crippen LogP) is 2.38. The quantitative estimate of drug-likeness (QED) is 0.907. The van der Waals surface area contributed by atoms with E-state index in [0.29, 0.717) is 23.8 Å². The number of ether oxygens (including phenoxy) is 1. The summed E-state index contributed by atoms with van der Waals surface area (Å²) in [4.78, 5) is 26.2. The van der Waals surface area contributed by atoms with Crippen LogP contribution in [0.15, 0.2) is 18.2 Å². The molecule has 1 heterocycles. The Hall–Kier alpha value is -2.04. The van der Waals surface area contributed by atoms with Crippen LogP contribution in [-0.2, 0) is 4.79 Å². The molecule has 0 saturated carbocycles. The molecule has 0 unspecified atom stereocenters. The maximum absolute atomic E-state index is 12.7. The smallest absolute Gasteiger partial charge is 0.255 e. The van der Waals surface area contributed by atoms with Gasteiger partial charge in [-0.2, -0.15) is 0 Å². The van der Waals surface area contributed by atoms with E-state index < -0.39 is 0 Å². The van der Waals surface area contributed by atoms with Gasteiger partial charge in [0.1, 0.15) is 5.75 Å². The van der Waals surface area contributed by atoms with Crippen LogP contribution in [0.2, 0.25) is 0 Å². The van der Waals surface area contributed by atoms with Gasteiger partial charge in [0.15, 0.2) is 0 Å². The molecule has 1 aromatic carbocycles. The van der Waals surface area contributed by atoms with Crippen molar-refractivity contribution in [3.63, 3.8) is 0 Å². The van der Waals surface area contributed by atoms with E-state index in [1.54, 1.807) is 20.1 Å².